The van der Waals surface area contributed by atoms with Crippen LogP contribution in [-0.4, -0.2) is 44.1 Å². The Bertz CT molecular complexity index is 514. The van der Waals surface area contributed by atoms with Crippen LogP contribution >= 0.6 is 0 Å². The number of carboxylic acids is 1. The predicted octanol–water partition coefficient (Wildman–Crippen LogP) is 2.14. The molecule has 0 heterocycles. The summed E-state index contributed by atoms with van der Waals surface area (Å²) in [6, 6.07) is 4.11. The minimum absolute atomic E-state index is 0.0485. The molecule has 21 heavy (non-hydrogen) atoms. The van der Waals surface area contributed by atoms with E-state index in [1.165, 1.54) is 31.4 Å². The predicted molar refractivity (Wildman–Crippen MR) is 75.9 cm³/mol. The highest BCUT2D eigenvalue weighted by molar-refractivity contribution is 5.91. The zero-order valence-corrected chi connectivity index (χ0v) is 11.6. The fraction of sp³-hybridized carbons (Fsp3) is 0.286. The number of anilines is 1. The molecule has 1 aromatic carbocycles. The maximum absolute atomic E-state index is 11.5. The molecule has 1 rings (SSSR count). The normalized spacial score (nSPS) is 9.76. The Kier molecular flexibility index (Phi) is 6.76. The summed E-state index contributed by atoms with van der Waals surface area (Å²) in [5.41, 5.74) is 0.359. The van der Waals surface area contributed by atoms with Gasteiger partial charge in [-0.2, -0.15) is 0 Å². The van der Waals surface area contributed by atoms with E-state index in [1.807, 2.05) is 0 Å². The summed E-state index contributed by atoms with van der Waals surface area (Å²) in [5, 5.41) is 11.4. The number of amides is 1. The van der Waals surface area contributed by atoms with Crippen molar-refractivity contribution in [3.63, 3.8) is 0 Å². The topological polar surface area (TPSA) is 94.1 Å². The van der Waals surface area contributed by atoms with E-state index in [-0.39, 0.29) is 24.5 Å². The third-order valence-corrected chi connectivity index (χ3v) is 2.34. The lowest BCUT2D eigenvalue weighted by molar-refractivity contribution is 0.0696. The van der Waals surface area contributed by atoms with Gasteiger partial charge in [0.1, 0.15) is 19.0 Å². The molecule has 0 unspecified atom stereocenters. The van der Waals surface area contributed by atoms with Crippen molar-refractivity contribution < 1.29 is 28.9 Å². The van der Waals surface area contributed by atoms with Crippen LogP contribution in [0.2, 0.25) is 0 Å². The number of nitrogens with one attached hydrogen (secondary N) is 1. The van der Waals surface area contributed by atoms with Gasteiger partial charge in [0.2, 0.25) is 0 Å². The molecular weight excluding hydrogens is 278 g/mol. The first-order chi connectivity index (χ1) is 10.1. The van der Waals surface area contributed by atoms with E-state index >= 15 is 0 Å². The number of ether oxygens (including phenoxy) is 3. The van der Waals surface area contributed by atoms with Gasteiger partial charge in [-0.1, -0.05) is 12.7 Å². The molecule has 0 aromatic heterocycles. The average Bonchev–Trinajstić information content (AvgIpc) is 2.46. The van der Waals surface area contributed by atoms with Gasteiger partial charge in [0.15, 0.2) is 0 Å². The zero-order chi connectivity index (χ0) is 15.7. The van der Waals surface area contributed by atoms with Gasteiger partial charge < -0.3 is 19.3 Å². The van der Waals surface area contributed by atoms with Gasteiger partial charge in [-0.3, -0.25) is 5.32 Å². The quantitative estimate of drug-likeness (QED) is 0.563. The van der Waals surface area contributed by atoms with E-state index in [1.54, 1.807) is 0 Å². The first-order valence-electron chi connectivity index (χ1n) is 6.12. The van der Waals surface area contributed by atoms with Crippen molar-refractivity contribution in [2.75, 3.05) is 32.2 Å². The van der Waals surface area contributed by atoms with Crippen LogP contribution in [0.1, 0.15) is 10.4 Å². The van der Waals surface area contributed by atoms with E-state index in [0.29, 0.717) is 12.3 Å². The average molecular weight is 295 g/mol. The molecule has 0 aliphatic carbocycles. The van der Waals surface area contributed by atoms with E-state index in [2.05, 4.69) is 11.9 Å². The number of hydrogen-bond donors (Lipinski definition) is 2. The second-order valence-corrected chi connectivity index (χ2v) is 3.87. The van der Waals surface area contributed by atoms with Crippen molar-refractivity contribution in [3.05, 3.63) is 36.4 Å². The summed E-state index contributed by atoms with van der Waals surface area (Å²) in [6.45, 7) is 4.05. The fourth-order valence-electron chi connectivity index (χ4n) is 1.39. The molecule has 0 spiro atoms. The first-order valence-corrected chi connectivity index (χ1v) is 6.12. The van der Waals surface area contributed by atoms with Crippen molar-refractivity contribution in [1.29, 1.82) is 0 Å². The highest BCUT2D eigenvalue weighted by atomic mass is 16.5. The van der Waals surface area contributed by atoms with Gasteiger partial charge in [-0.25, -0.2) is 9.59 Å². The molecule has 0 atom stereocenters. The number of carbonyl (C=O) groups is 2. The Labute approximate surface area is 122 Å². The van der Waals surface area contributed by atoms with Crippen LogP contribution in [0.15, 0.2) is 30.9 Å². The van der Waals surface area contributed by atoms with Crippen LogP contribution < -0.4 is 10.1 Å². The zero-order valence-electron chi connectivity index (χ0n) is 11.6. The monoisotopic (exact) mass is 295 g/mol. The molecule has 0 bridgehead atoms. The number of carboxylic acid groups (broad SMARTS) is 1. The fourth-order valence-corrected chi connectivity index (χ4v) is 1.39. The standard InChI is InChI=1S/C14H17NO6/c1-3-6-21-14(18)15-11-5-4-10(13(16)17)9-12(11)20-8-7-19-2/h3-5,9H,1,6-8H2,2H3,(H,15,18)(H,16,17). The maximum Gasteiger partial charge on any atom is 0.412 e. The lowest BCUT2D eigenvalue weighted by Gasteiger charge is -2.13. The van der Waals surface area contributed by atoms with Crippen molar-refractivity contribution >= 4 is 17.7 Å². The molecule has 0 aliphatic rings. The van der Waals surface area contributed by atoms with Crippen LogP contribution in [0.4, 0.5) is 10.5 Å². The van der Waals surface area contributed by atoms with Gasteiger partial charge in [0.25, 0.3) is 0 Å². The molecule has 7 nitrogen and oxygen atoms in total. The van der Waals surface area contributed by atoms with Crippen molar-refractivity contribution in [1.82, 2.24) is 0 Å². The molecule has 0 fully saturated rings. The van der Waals surface area contributed by atoms with Crippen molar-refractivity contribution in [2.24, 2.45) is 0 Å². The van der Waals surface area contributed by atoms with Crippen LogP contribution in [0.25, 0.3) is 0 Å². The Balaban J connectivity index is 2.86. The largest absolute Gasteiger partial charge is 0.489 e. The van der Waals surface area contributed by atoms with Gasteiger partial charge in [0, 0.05) is 7.11 Å². The molecular formula is C14H17NO6. The van der Waals surface area contributed by atoms with E-state index < -0.39 is 12.1 Å². The molecule has 0 saturated carbocycles. The molecule has 0 radical (unpaired) electrons. The van der Waals surface area contributed by atoms with Crippen LogP contribution in [0.5, 0.6) is 5.75 Å². The number of rotatable bonds is 8. The summed E-state index contributed by atoms with van der Waals surface area (Å²) >= 11 is 0. The molecule has 1 amide bonds. The second kappa shape index (κ2) is 8.60. The Morgan fingerprint density at radius 3 is 2.76 bits per heavy atom. The smallest absolute Gasteiger partial charge is 0.412 e. The Morgan fingerprint density at radius 1 is 1.38 bits per heavy atom. The highest BCUT2D eigenvalue weighted by Gasteiger charge is 2.12. The van der Waals surface area contributed by atoms with Crippen LogP contribution in [0, 0.1) is 0 Å². The summed E-state index contributed by atoms with van der Waals surface area (Å²) in [5.74, 6) is -0.866. The summed E-state index contributed by atoms with van der Waals surface area (Å²) < 4.78 is 15.0. The van der Waals surface area contributed by atoms with Gasteiger partial charge in [-0.15, -0.1) is 0 Å². The number of hydrogen-bond acceptors (Lipinski definition) is 5. The van der Waals surface area contributed by atoms with E-state index in [4.69, 9.17) is 19.3 Å². The van der Waals surface area contributed by atoms with Crippen molar-refractivity contribution in [3.8, 4) is 5.75 Å². The minimum Gasteiger partial charge on any atom is -0.489 e. The lowest BCUT2D eigenvalue weighted by Crippen LogP contribution is -2.15. The van der Waals surface area contributed by atoms with Gasteiger partial charge in [-0.05, 0) is 18.2 Å². The molecule has 0 aliphatic heterocycles. The summed E-state index contributed by atoms with van der Waals surface area (Å²) in [7, 11) is 1.52. The van der Waals surface area contributed by atoms with Crippen LogP contribution in [0.3, 0.4) is 0 Å². The third-order valence-electron chi connectivity index (χ3n) is 2.34. The first kappa shape index (κ1) is 16.5. The maximum atomic E-state index is 11.5. The molecule has 0 saturated heterocycles. The highest BCUT2D eigenvalue weighted by Crippen LogP contribution is 2.26. The number of methoxy groups -OCH3 is 1. The summed E-state index contributed by atoms with van der Waals surface area (Å²) in [6.07, 6.45) is 0.748. The van der Waals surface area contributed by atoms with Crippen molar-refractivity contribution in [2.45, 2.75) is 0 Å². The van der Waals surface area contributed by atoms with E-state index in [9.17, 15) is 9.59 Å². The molecule has 114 valence electrons. The van der Waals surface area contributed by atoms with E-state index in [0.717, 1.165) is 0 Å². The molecule has 1 aromatic rings. The number of carbonyl (C=O) groups excluding carboxylic acids is 1. The van der Waals surface area contributed by atoms with Crippen LogP contribution in [-0.2, 0) is 9.47 Å². The third kappa shape index (κ3) is 5.53. The second-order valence-electron chi connectivity index (χ2n) is 3.87. The Morgan fingerprint density at radius 2 is 2.14 bits per heavy atom. The van der Waals surface area contributed by atoms with Gasteiger partial charge in [0.05, 0.1) is 17.9 Å². The Hall–Kier alpha value is -2.54. The molecule has 2 N–H and O–H groups in total. The van der Waals surface area contributed by atoms with Gasteiger partial charge >= 0.3 is 12.1 Å². The number of aromatic carboxylic acids is 1. The number of benzene rings is 1. The lowest BCUT2D eigenvalue weighted by atomic mass is 10.2. The molecule has 7 heteroatoms. The minimum atomic E-state index is -1.09. The summed E-state index contributed by atoms with van der Waals surface area (Å²) in [4.78, 5) is 22.4. The SMILES string of the molecule is C=CCOC(=O)Nc1ccc(C(=O)O)cc1OCCOC.